The van der Waals surface area contributed by atoms with Gasteiger partial charge in [0.2, 0.25) is 0 Å². The second-order valence-corrected chi connectivity index (χ2v) is 9.51. The van der Waals surface area contributed by atoms with Gasteiger partial charge in [-0.15, -0.1) is 0 Å². The lowest BCUT2D eigenvalue weighted by Gasteiger charge is -2.33. The molecule has 8 heteroatoms. The molecule has 3 aromatic carbocycles. The van der Waals surface area contributed by atoms with Crippen molar-refractivity contribution >= 4 is 22.6 Å². The van der Waals surface area contributed by atoms with E-state index >= 15 is 0 Å². The molecule has 1 N–H and O–H groups in total. The molecule has 1 aromatic heterocycles. The van der Waals surface area contributed by atoms with Gasteiger partial charge in [-0.2, -0.15) is 5.10 Å². The minimum Gasteiger partial charge on any atom is -0.382 e. The zero-order valence-electron chi connectivity index (χ0n) is 19.0. The number of aromatic nitrogens is 3. The van der Waals surface area contributed by atoms with Crippen LogP contribution in [0, 0.1) is 27.0 Å². The summed E-state index contributed by atoms with van der Waals surface area (Å²) in [5.74, 6) is 4.86. The van der Waals surface area contributed by atoms with Crippen LogP contribution in [0.15, 0.2) is 79.4 Å². The van der Waals surface area contributed by atoms with Crippen LogP contribution in [-0.4, -0.2) is 38.4 Å². The molecule has 0 aliphatic rings. The molecule has 1 heterocycles. The first-order valence-corrected chi connectivity index (χ1v) is 11.9. The number of hydrogen-bond donors (Lipinski definition) is 1. The minimum absolute atomic E-state index is 0.00224. The molecule has 0 saturated heterocycles. The Labute approximate surface area is 216 Å². The first-order valence-electron chi connectivity index (χ1n) is 10.9. The van der Waals surface area contributed by atoms with Crippen LogP contribution in [0.4, 0.5) is 8.78 Å². The largest absolute Gasteiger partial charge is 0.382 e. The summed E-state index contributed by atoms with van der Waals surface area (Å²) < 4.78 is 30.7. The summed E-state index contributed by atoms with van der Waals surface area (Å²) in [6, 6.07) is 19.0. The molecule has 1 atom stereocenters. The molecule has 0 radical (unpaired) electrons. The molecule has 0 aliphatic carbocycles. The SMILES string of the molecule is CN(Cc1ccc(C#Cc2ccccc2I)cc1)CC(O)(Cn1cncn1)c1ccc(F)cc1F. The molecule has 0 bridgehead atoms. The Morgan fingerprint density at radius 3 is 2.51 bits per heavy atom. The van der Waals surface area contributed by atoms with E-state index < -0.39 is 17.2 Å². The van der Waals surface area contributed by atoms with E-state index in [1.165, 1.54) is 23.4 Å². The van der Waals surface area contributed by atoms with Gasteiger partial charge >= 0.3 is 0 Å². The predicted octanol–water partition coefficient (Wildman–Crippen LogP) is 4.58. The van der Waals surface area contributed by atoms with Crippen molar-refractivity contribution in [3.8, 4) is 11.8 Å². The highest BCUT2D eigenvalue weighted by molar-refractivity contribution is 14.1. The summed E-state index contributed by atoms with van der Waals surface area (Å²) in [6.07, 6.45) is 2.79. The zero-order valence-corrected chi connectivity index (χ0v) is 21.2. The Kier molecular flexibility index (Phi) is 7.90. The Balaban J connectivity index is 1.49. The zero-order chi connectivity index (χ0) is 24.8. The van der Waals surface area contributed by atoms with E-state index in [-0.39, 0.29) is 18.7 Å². The smallest absolute Gasteiger partial charge is 0.137 e. The van der Waals surface area contributed by atoms with Crippen molar-refractivity contribution in [1.82, 2.24) is 19.7 Å². The summed E-state index contributed by atoms with van der Waals surface area (Å²) in [5, 5.41) is 15.5. The van der Waals surface area contributed by atoms with Gasteiger partial charge in [-0.05, 0) is 65.5 Å². The van der Waals surface area contributed by atoms with E-state index in [1.807, 2.05) is 60.5 Å². The molecule has 0 fully saturated rings. The number of rotatable bonds is 7. The molecule has 0 aliphatic heterocycles. The maximum Gasteiger partial charge on any atom is 0.137 e. The van der Waals surface area contributed by atoms with Gasteiger partial charge in [0, 0.05) is 39.4 Å². The first kappa shape index (κ1) is 25.0. The average Bonchev–Trinajstić information content (AvgIpc) is 3.32. The van der Waals surface area contributed by atoms with Crippen LogP contribution < -0.4 is 0 Å². The van der Waals surface area contributed by atoms with Crippen molar-refractivity contribution in [2.75, 3.05) is 13.6 Å². The van der Waals surface area contributed by atoms with Crippen LogP contribution in [0.2, 0.25) is 0 Å². The molecule has 1 unspecified atom stereocenters. The summed E-state index contributed by atoms with van der Waals surface area (Å²) >= 11 is 2.27. The lowest BCUT2D eigenvalue weighted by atomic mass is 9.92. The fraction of sp³-hybridized carbons (Fsp3) is 0.185. The molecular weight excluding hydrogens is 561 g/mol. The van der Waals surface area contributed by atoms with Crippen molar-refractivity contribution in [1.29, 1.82) is 0 Å². The van der Waals surface area contributed by atoms with Crippen LogP contribution in [0.1, 0.15) is 22.3 Å². The van der Waals surface area contributed by atoms with E-state index in [0.29, 0.717) is 6.54 Å². The highest BCUT2D eigenvalue weighted by Crippen LogP contribution is 2.28. The van der Waals surface area contributed by atoms with Crippen molar-refractivity contribution in [3.05, 3.63) is 117 Å². The van der Waals surface area contributed by atoms with Gasteiger partial charge < -0.3 is 5.11 Å². The maximum atomic E-state index is 14.6. The monoisotopic (exact) mass is 584 g/mol. The lowest BCUT2D eigenvalue weighted by Crippen LogP contribution is -2.43. The molecular formula is C27H23F2IN4O. The second-order valence-electron chi connectivity index (χ2n) is 8.35. The van der Waals surface area contributed by atoms with Gasteiger partial charge in [0.15, 0.2) is 0 Å². The van der Waals surface area contributed by atoms with Crippen LogP contribution in [0.3, 0.4) is 0 Å². The fourth-order valence-electron chi connectivity index (χ4n) is 3.88. The van der Waals surface area contributed by atoms with E-state index in [2.05, 4.69) is 44.5 Å². The third kappa shape index (κ3) is 6.51. The molecule has 5 nitrogen and oxygen atoms in total. The van der Waals surface area contributed by atoms with Gasteiger partial charge in [0.25, 0.3) is 0 Å². The normalized spacial score (nSPS) is 12.7. The Bertz CT molecular complexity index is 1350. The molecule has 35 heavy (non-hydrogen) atoms. The number of hydrogen-bond acceptors (Lipinski definition) is 4. The summed E-state index contributed by atoms with van der Waals surface area (Å²) in [5.41, 5.74) is 1.24. The standard InChI is InChI=1S/C27H23F2IN4O/c1-33(15-21-8-6-20(7-9-21)10-11-22-4-2-3-5-26(22)30)16-27(35,17-34-19-31-18-32-34)24-13-12-23(28)14-25(24)29/h2-9,12-14,18-19,35H,15-17H2,1H3. The number of aliphatic hydroxyl groups is 1. The third-order valence-electron chi connectivity index (χ3n) is 5.48. The van der Waals surface area contributed by atoms with Crippen molar-refractivity contribution in [2.45, 2.75) is 18.7 Å². The van der Waals surface area contributed by atoms with Crippen molar-refractivity contribution in [2.24, 2.45) is 0 Å². The second kappa shape index (κ2) is 11.1. The average molecular weight is 584 g/mol. The van der Waals surface area contributed by atoms with Gasteiger partial charge in [-0.1, -0.05) is 42.2 Å². The van der Waals surface area contributed by atoms with Crippen LogP contribution in [0.5, 0.6) is 0 Å². The minimum atomic E-state index is -1.65. The summed E-state index contributed by atoms with van der Waals surface area (Å²) in [4.78, 5) is 5.77. The number of benzene rings is 3. The Hall–Kier alpha value is -3.13. The van der Waals surface area contributed by atoms with Crippen molar-refractivity contribution in [3.63, 3.8) is 0 Å². The number of nitrogens with zero attached hydrogens (tertiary/aromatic N) is 4. The first-order chi connectivity index (χ1) is 16.8. The molecule has 0 amide bonds. The highest BCUT2D eigenvalue weighted by Gasteiger charge is 2.34. The van der Waals surface area contributed by atoms with Gasteiger partial charge in [0.05, 0.1) is 6.54 Å². The van der Waals surface area contributed by atoms with Crippen LogP contribution >= 0.6 is 22.6 Å². The van der Waals surface area contributed by atoms with Gasteiger partial charge in [-0.25, -0.2) is 18.4 Å². The van der Waals surface area contributed by atoms with E-state index in [4.69, 9.17) is 0 Å². The van der Waals surface area contributed by atoms with Crippen LogP contribution in [-0.2, 0) is 18.7 Å². The predicted molar refractivity (Wildman–Crippen MR) is 138 cm³/mol. The lowest BCUT2D eigenvalue weighted by molar-refractivity contribution is -0.0175. The third-order valence-corrected chi connectivity index (χ3v) is 6.42. The van der Waals surface area contributed by atoms with Gasteiger partial charge in [0.1, 0.15) is 29.9 Å². The Morgan fingerprint density at radius 2 is 1.83 bits per heavy atom. The summed E-state index contributed by atoms with van der Waals surface area (Å²) in [6.45, 7) is 0.558. The van der Waals surface area contributed by atoms with Crippen LogP contribution in [0.25, 0.3) is 0 Å². The number of halogens is 3. The fourth-order valence-corrected chi connectivity index (χ4v) is 4.40. The summed E-state index contributed by atoms with van der Waals surface area (Å²) in [7, 11) is 1.83. The molecule has 0 spiro atoms. The molecule has 0 saturated carbocycles. The topological polar surface area (TPSA) is 54.2 Å². The van der Waals surface area contributed by atoms with E-state index in [9.17, 15) is 13.9 Å². The van der Waals surface area contributed by atoms with E-state index in [0.717, 1.165) is 32.4 Å². The van der Waals surface area contributed by atoms with E-state index in [1.54, 1.807) is 0 Å². The van der Waals surface area contributed by atoms with Gasteiger partial charge in [-0.3, -0.25) is 4.90 Å². The molecule has 178 valence electrons. The quantitative estimate of drug-likeness (QED) is 0.256. The van der Waals surface area contributed by atoms with Crippen molar-refractivity contribution < 1.29 is 13.9 Å². The molecule has 4 rings (SSSR count). The Morgan fingerprint density at radius 1 is 1.06 bits per heavy atom. The maximum absolute atomic E-state index is 14.6. The number of likely N-dealkylation sites (N-methyl/N-ethyl adjacent to an activating group) is 1. The highest BCUT2D eigenvalue weighted by atomic mass is 127. The molecule has 4 aromatic rings.